The van der Waals surface area contributed by atoms with Crippen LogP contribution in [-0.2, 0) is 0 Å². The average molecular weight is 173 g/mol. The maximum atomic E-state index is 7.62. The van der Waals surface area contributed by atoms with Gasteiger partial charge in [-0.3, -0.25) is 0 Å². The summed E-state index contributed by atoms with van der Waals surface area (Å²) < 4.78 is 0.595. The molecule has 26 valence electrons. The number of alkyl halides is 1. The molecule has 4 heavy (non-hydrogen) atoms. The van der Waals surface area contributed by atoms with Crippen LogP contribution >= 0.6 is 22.6 Å². The Bertz CT molecular complexity index is 10.0. The van der Waals surface area contributed by atoms with Crippen molar-refractivity contribution >= 4 is 22.6 Å². The first-order chi connectivity index (χ1) is 1.91. The van der Waals surface area contributed by atoms with Gasteiger partial charge in [0.1, 0.15) is 0 Å². The van der Waals surface area contributed by atoms with Gasteiger partial charge in [-0.05, 0) is 0 Å². The molecule has 0 atom stereocenters. The molecule has 0 unspecified atom stereocenters. The van der Waals surface area contributed by atoms with Crippen molar-refractivity contribution in [1.29, 1.82) is 0 Å². The lowest BCUT2D eigenvalue weighted by Gasteiger charge is -1.73. The van der Waals surface area contributed by atoms with Gasteiger partial charge in [-0.15, -0.1) is 0 Å². The molecule has 0 spiro atoms. The molecular weight excluding hydrogens is 169 g/mol. The Kier molecular flexibility index (Phi) is 4.24. The second-order valence-electron chi connectivity index (χ2n) is 0.292. The Morgan fingerprint density at radius 1 is 2.00 bits per heavy atom. The lowest BCUT2D eigenvalue weighted by molar-refractivity contribution is 0.191. The predicted molar refractivity (Wildman–Crippen MR) is 23.8 cm³/mol. The minimum atomic E-state index is 0.595. The van der Waals surface area contributed by atoms with E-state index < -0.39 is 0 Å². The summed E-state index contributed by atoms with van der Waals surface area (Å²) in [5, 5.41) is 7.62. The highest BCUT2D eigenvalue weighted by molar-refractivity contribution is 14.1. The Balaban J connectivity index is 1.97. The fourth-order valence-electron chi connectivity index (χ4n) is 0. The van der Waals surface area contributed by atoms with E-state index in [9.17, 15) is 0 Å². The smallest absolute Gasteiger partial charge is 0.0725 e. The van der Waals surface area contributed by atoms with Crippen LogP contribution in [0.15, 0.2) is 0 Å². The molecule has 0 saturated heterocycles. The summed E-state index contributed by atoms with van der Waals surface area (Å²) in [6.07, 6.45) is 0. The molecule has 0 aliphatic rings. The Morgan fingerprint density at radius 2 is 2.25 bits per heavy atom. The highest BCUT2D eigenvalue weighted by Crippen LogP contribution is 1.65. The number of hydrogen-bond acceptors (Lipinski definition) is 2. The Hall–Kier alpha value is 0.650. The molecule has 0 aromatic heterocycles. The highest BCUT2D eigenvalue weighted by Gasteiger charge is 1.54. The molecule has 2 nitrogen and oxygen atoms in total. The summed E-state index contributed by atoms with van der Waals surface area (Å²) in [6, 6.07) is 0. The molecule has 0 aliphatic heterocycles. The Morgan fingerprint density at radius 3 is 2.25 bits per heavy atom. The summed E-state index contributed by atoms with van der Waals surface area (Å²) in [7, 11) is 0. The molecule has 3 heteroatoms. The molecular formula is CH4INO. The van der Waals surface area contributed by atoms with Gasteiger partial charge in [0.2, 0.25) is 0 Å². The minimum absolute atomic E-state index is 0.595. The van der Waals surface area contributed by atoms with Crippen molar-refractivity contribution in [2.45, 2.75) is 0 Å². The van der Waals surface area contributed by atoms with Crippen LogP contribution in [0.2, 0.25) is 0 Å². The van der Waals surface area contributed by atoms with E-state index in [1.165, 1.54) is 0 Å². The lowest BCUT2D eigenvalue weighted by Crippen LogP contribution is -1.99. The third-order valence-corrected chi connectivity index (χ3v) is 0.401. The summed E-state index contributed by atoms with van der Waals surface area (Å²) in [6.45, 7) is 0. The summed E-state index contributed by atoms with van der Waals surface area (Å²) in [4.78, 5) is 0. The van der Waals surface area contributed by atoms with E-state index in [1.807, 2.05) is 28.1 Å². The molecule has 0 saturated carbocycles. The van der Waals surface area contributed by atoms with Crippen LogP contribution in [0.5, 0.6) is 0 Å². The highest BCUT2D eigenvalue weighted by atomic mass is 127. The summed E-state index contributed by atoms with van der Waals surface area (Å²) >= 11 is 1.99. The quantitative estimate of drug-likeness (QED) is 0.259. The van der Waals surface area contributed by atoms with Crippen LogP contribution in [0.1, 0.15) is 0 Å². The summed E-state index contributed by atoms with van der Waals surface area (Å²) in [5.74, 6) is 0. The van der Waals surface area contributed by atoms with E-state index in [2.05, 4.69) is 0 Å². The van der Waals surface area contributed by atoms with Gasteiger partial charge in [0, 0.05) is 0 Å². The fourth-order valence-corrected chi connectivity index (χ4v) is 0. The van der Waals surface area contributed by atoms with Crippen molar-refractivity contribution in [3.05, 3.63) is 0 Å². The molecule has 0 bridgehead atoms. The van der Waals surface area contributed by atoms with E-state index in [0.717, 1.165) is 0 Å². The first kappa shape index (κ1) is 4.65. The van der Waals surface area contributed by atoms with Crippen molar-refractivity contribution in [2.75, 3.05) is 4.55 Å². The van der Waals surface area contributed by atoms with Crippen LogP contribution in [0.4, 0.5) is 0 Å². The molecule has 0 rings (SSSR count). The van der Waals surface area contributed by atoms with E-state index in [-0.39, 0.29) is 0 Å². The average Bonchev–Trinajstić information content (AvgIpc) is 1.37. The number of nitrogens with one attached hydrogen (secondary N) is 1. The van der Waals surface area contributed by atoms with Gasteiger partial charge in [0.25, 0.3) is 0 Å². The normalized spacial score (nSPS) is 7.50. The zero-order valence-corrected chi connectivity index (χ0v) is 4.19. The molecule has 0 aliphatic carbocycles. The maximum Gasteiger partial charge on any atom is 0.0725 e. The molecule has 0 radical (unpaired) electrons. The standard InChI is InChI=1S/CH4INO/c2-1-3-4/h3-4H,1H2. The third kappa shape index (κ3) is 2.65. The maximum absolute atomic E-state index is 7.62. The lowest BCUT2D eigenvalue weighted by atomic mass is 11.6. The third-order valence-electron chi connectivity index (χ3n) is 0.0598. The van der Waals surface area contributed by atoms with Crippen LogP contribution in [0.3, 0.4) is 0 Å². The van der Waals surface area contributed by atoms with E-state index in [4.69, 9.17) is 5.21 Å². The molecule has 0 amide bonds. The number of hydroxylamine groups is 1. The SMILES string of the molecule is ONCI. The molecule has 0 aromatic carbocycles. The van der Waals surface area contributed by atoms with Gasteiger partial charge in [-0.1, -0.05) is 22.6 Å². The van der Waals surface area contributed by atoms with Crippen molar-refractivity contribution < 1.29 is 5.21 Å². The molecule has 0 fully saturated rings. The molecule has 0 heterocycles. The Labute approximate surface area is 38.3 Å². The van der Waals surface area contributed by atoms with Gasteiger partial charge in [-0.25, -0.2) is 0 Å². The van der Waals surface area contributed by atoms with Gasteiger partial charge >= 0.3 is 0 Å². The van der Waals surface area contributed by atoms with E-state index in [1.54, 1.807) is 0 Å². The zero-order valence-electron chi connectivity index (χ0n) is 2.03. The monoisotopic (exact) mass is 173 g/mol. The zero-order chi connectivity index (χ0) is 3.41. The second-order valence-corrected chi connectivity index (χ2v) is 1.05. The first-order valence-corrected chi connectivity index (χ1v) is 2.37. The second kappa shape index (κ2) is 3.65. The minimum Gasteiger partial charge on any atom is -0.316 e. The number of halogens is 1. The fraction of sp³-hybridized carbons (Fsp3) is 1.00. The molecule has 2 N–H and O–H groups in total. The molecule has 0 aromatic rings. The van der Waals surface area contributed by atoms with Crippen LogP contribution in [0.25, 0.3) is 0 Å². The van der Waals surface area contributed by atoms with Gasteiger partial charge in [-0.2, -0.15) is 5.48 Å². The summed E-state index contributed by atoms with van der Waals surface area (Å²) in [5.41, 5.74) is 1.92. The topological polar surface area (TPSA) is 32.3 Å². The van der Waals surface area contributed by atoms with Gasteiger partial charge < -0.3 is 5.21 Å². The van der Waals surface area contributed by atoms with Crippen molar-refractivity contribution in [3.63, 3.8) is 0 Å². The van der Waals surface area contributed by atoms with Crippen LogP contribution < -0.4 is 5.48 Å². The number of hydrogen-bond donors (Lipinski definition) is 2. The van der Waals surface area contributed by atoms with Crippen LogP contribution in [-0.4, -0.2) is 9.76 Å². The first-order valence-electron chi connectivity index (χ1n) is 0.844. The van der Waals surface area contributed by atoms with Crippen LogP contribution in [0, 0.1) is 0 Å². The van der Waals surface area contributed by atoms with Crippen molar-refractivity contribution in [2.24, 2.45) is 0 Å². The number of rotatable bonds is 1. The van der Waals surface area contributed by atoms with E-state index in [0.29, 0.717) is 4.55 Å². The van der Waals surface area contributed by atoms with E-state index >= 15 is 0 Å². The van der Waals surface area contributed by atoms with Gasteiger partial charge in [0.05, 0.1) is 4.55 Å². The van der Waals surface area contributed by atoms with Crippen molar-refractivity contribution in [1.82, 2.24) is 5.48 Å². The largest absolute Gasteiger partial charge is 0.316 e. The van der Waals surface area contributed by atoms with Crippen molar-refractivity contribution in [3.8, 4) is 0 Å². The van der Waals surface area contributed by atoms with Gasteiger partial charge in [0.15, 0.2) is 0 Å². The predicted octanol–water partition coefficient (Wildman–Crippen LogP) is 0.358.